The third-order valence-corrected chi connectivity index (χ3v) is 124. The molecule has 9 N–H and O–H groups in total. The van der Waals surface area contributed by atoms with Crippen LogP contribution in [0.1, 0.15) is 58.4 Å². The Labute approximate surface area is 572 Å². The van der Waals surface area contributed by atoms with E-state index in [0.717, 1.165) is 45.8 Å². The van der Waals surface area contributed by atoms with Gasteiger partial charge in [-0.2, -0.15) is 0 Å². The number of hydrogen-bond donors (Lipinski definition) is 7. The molecule has 0 radical (unpaired) electrons. The summed E-state index contributed by atoms with van der Waals surface area (Å²) in [7, 11) is 31.7. The molecular weight excluding hydrogens is 1580 g/mol. The molecule has 0 saturated carbocycles. The number of nitrogens with two attached hydrogens (primary N) is 2. The summed E-state index contributed by atoms with van der Waals surface area (Å²) < 4.78 is 57.3. The molecule has 13 nitrogen and oxygen atoms in total. The molecule has 0 aliphatic rings. The van der Waals surface area contributed by atoms with Gasteiger partial charge in [0, 0.05) is 17.5 Å². The molecule has 2 rings (SSSR count). The minimum absolute atomic E-state index is 0. The van der Waals surface area contributed by atoms with Gasteiger partial charge < -0.3 is 48.0 Å². The number of benzene rings is 2. The number of ether oxygens (including phenoxy) is 1. The van der Waals surface area contributed by atoms with Gasteiger partial charge in [0.25, 0.3) is 6.47 Å². The normalized spacial score (nSPS) is 11.9. The fourth-order valence-corrected chi connectivity index (χ4v) is 222. The fraction of sp³-hybridized carbons (Fsp3) is 0.333. The van der Waals surface area contributed by atoms with Gasteiger partial charge in [0.2, 0.25) is 0 Å². The second-order valence-electron chi connectivity index (χ2n) is 13.2. The summed E-state index contributed by atoms with van der Waals surface area (Å²) in [6, 6.07) is 3.55. The number of halogens is 5. The van der Waals surface area contributed by atoms with Crippen LogP contribution in [0, 0.1) is 28.7 Å². The van der Waals surface area contributed by atoms with Crippen molar-refractivity contribution in [3.05, 3.63) is 77.0 Å². The van der Waals surface area contributed by atoms with E-state index in [1.165, 1.54) is 24.6 Å². The van der Waals surface area contributed by atoms with E-state index in [-0.39, 0.29) is 231 Å². The summed E-state index contributed by atoms with van der Waals surface area (Å²) in [6.07, 6.45) is 6.39. The molecule has 392 valence electrons. The maximum absolute atomic E-state index is 13.4. The van der Waals surface area contributed by atoms with Crippen LogP contribution in [0.3, 0.4) is 0 Å². The standard InChI is InChI=1S/C14H16F2N2O2.C7H7BF2O3.C5H12O.C3H5BrN2.CH2O3.2Cs.H21P19.H/c1-14(2,20)8-18-4-3-13(17)9-5-11(15)10(7-19)12(16)6-9;1-13-7-5(9)2-4(8(11)12)3-6(7)10;1-4-5(2,3)6;4-3(6)1-2-5;2-1-4-3;;;1-11-16(10)19(17(12(2)3)13(4)5)18(14(6)7)15(8)9;/h3-7,20H,8,17H2,1-2H3;2-3,11-12H,1H3;6H,4H2,1-3H3;1-2,6H,5H2;1,3H;;;11H,1-10H2;/q;;;;;2*+1;;-1/p-1/b;;;2-1-,6-3?;;;;;. The third kappa shape index (κ3) is 45.6. The van der Waals surface area contributed by atoms with Crippen molar-refractivity contribution in [2.24, 2.45) is 16.5 Å². The molecule has 70 heavy (non-hydrogen) atoms. The zero-order valence-electron chi connectivity index (χ0n) is 40.4. The van der Waals surface area contributed by atoms with Gasteiger partial charge in [0.05, 0.1) is 35.0 Å². The minimum atomic E-state index is -1.89. The quantitative estimate of drug-likeness (QED) is 0.0155. The Morgan fingerprint density at radius 1 is 0.871 bits per heavy atom. The van der Waals surface area contributed by atoms with Crippen molar-refractivity contribution in [3.8, 4) is 5.75 Å². The number of carbonyl (C=O) groups is 2. The predicted octanol–water partition coefficient (Wildman–Crippen LogP) is 6.87. The molecule has 2 aromatic rings. The van der Waals surface area contributed by atoms with Crippen LogP contribution in [-0.4, -0.2) is 75.8 Å². The Hall–Kier alpha value is 8.14. The second-order valence-corrected chi connectivity index (χ2v) is 86.8. The van der Waals surface area contributed by atoms with Crippen LogP contribution in [0.15, 0.2) is 47.6 Å². The Balaban J connectivity index is -0.000000149. The molecule has 0 aromatic heterocycles. The van der Waals surface area contributed by atoms with Gasteiger partial charge in [-0.3, -0.25) is 20.0 Å². The van der Waals surface area contributed by atoms with Crippen molar-refractivity contribution >= 4 is 211 Å². The van der Waals surface area contributed by atoms with Gasteiger partial charge in [-0.05, 0) is 154 Å². The molecule has 0 amide bonds. The molecule has 0 bridgehead atoms. The molecule has 0 fully saturated rings. The Bertz CT molecular complexity index is 1810. The van der Waals surface area contributed by atoms with Gasteiger partial charge in [0.1, 0.15) is 11.6 Å². The van der Waals surface area contributed by atoms with Crippen LogP contribution in [0.4, 0.5) is 17.6 Å². The van der Waals surface area contributed by atoms with Crippen molar-refractivity contribution in [1.82, 2.24) is 0 Å². The number of allylic oxidation sites excluding steroid dienone is 2. The smallest absolute Gasteiger partial charge is 1.00 e. The van der Waals surface area contributed by atoms with Crippen LogP contribution in [0.5, 0.6) is 5.75 Å². The van der Waals surface area contributed by atoms with E-state index in [1.807, 2.05) is 6.92 Å². The maximum Gasteiger partial charge on any atom is 1.00 e. The molecule has 0 aliphatic carbocycles. The topological polar surface area (TPSA) is 245 Å². The maximum atomic E-state index is 13.4. The fourth-order valence-electron chi connectivity index (χ4n) is 3.28. The Kier molecular flexibility index (Phi) is 65.8. The van der Waals surface area contributed by atoms with Crippen LogP contribution >= 0.6 is 169 Å². The Morgan fingerprint density at radius 2 is 1.26 bits per heavy atom. The SMILES string of the molecule is CC(C)(O)CN=CC=C(N)c1cc(F)c(C=O)c(F)c1.CCC(C)(C)O.COc1c(F)cc(B(O)O)cc1F.N=C(Br)/C=C\N.O=CO[O-].PPP(P)P(P(P(P)P)P(P)P)P(P(P)P)P(P)P.[Cs+].[Cs+].[H-]. The van der Waals surface area contributed by atoms with E-state index in [2.05, 4.69) is 120 Å². The molecule has 40 heteroatoms. The number of methoxy groups -OCH3 is 1. The second kappa shape index (κ2) is 51.5. The first-order chi connectivity index (χ1) is 31.2. The van der Waals surface area contributed by atoms with E-state index in [4.69, 9.17) is 42.1 Å². The number of rotatable bonds is 18. The summed E-state index contributed by atoms with van der Waals surface area (Å²) >= 11 is 2.85. The molecule has 2 aromatic carbocycles. The summed E-state index contributed by atoms with van der Waals surface area (Å²) in [5, 5.41) is 50.6. The van der Waals surface area contributed by atoms with E-state index >= 15 is 0 Å². The zero-order chi connectivity index (χ0) is 54.3. The molecule has 12 unspecified atom stereocenters. The number of nitrogens with zero attached hydrogens (tertiary/aromatic N) is 1. The monoisotopic (exact) mass is 1640 g/mol. The van der Waals surface area contributed by atoms with E-state index < -0.39 is 52.9 Å². The van der Waals surface area contributed by atoms with Crippen molar-refractivity contribution < 1.29 is 202 Å². The molecule has 12 atom stereocenters. The minimum Gasteiger partial charge on any atom is -1.00 e. The average molecular weight is 1640 g/mol. The molecular formula is C30H63BBrCs2F4N4O9P19. The number of aliphatic imine (C=N–C) groups is 1. The van der Waals surface area contributed by atoms with Crippen molar-refractivity contribution in [3.63, 3.8) is 0 Å². The van der Waals surface area contributed by atoms with E-state index in [0.29, 0.717) is 4.62 Å². The van der Waals surface area contributed by atoms with Crippen LogP contribution in [0.25, 0.3) is 5.70 Å². The van der Waals surface area contributed by atoms with E-state index in [1.54, 1.807) is 27.7 Å². The summed E-state index contributed by atoms with van der Waals surface area (Å²) in [5.41, 5.74) is 8.46. The number of aldehydes is 1. The van der Waals surface area contributed by atoms with Crippen molar-refractivity contribution in [2.45, 2.75) is 52.2 Å². The first kappa shape index (κ1) is 89.3. The first-order valence-corrected chi connectivity index (χ1v) is 52.6. The first-order valence-electron chi connectivity index (χ1n) is 17.9. The van der Waals surface area contributed by atoms with Crippen LogP contribution < -0.4 is 165 Å². The van der Waals surface area contributed by atoms with E-state index in [9.17, 15) is 27.5 Å². The van der Waals surface area contributed by atoms with Gasteiger partial charge in [-0.25, -0.2) is 17.6 Å². The third-order valence-electron chi connectivity index (χ3n) is 6.51. The molecule has 0 heterocycles. The molecule has 0 aliphatic heterocycles. The van der Waals surface area contributed by atoms with Gasteiger partial charge >= 0.3 is 145 Å². The number of carbonyl (C=O) groups excluding carboxylic acids is 2. The van der Waals surface area contributed by atoms with Gasteiger partial charge in [-0.15, -0.1) is 89.3 Å². The summed E-state index contributed by atoms with van der Waals surface area (Å²) in [6.45, 7) is 9.59. The number of nitrogens with one attached hydrogen (secondary N) is 1. The predicted molar refractivity (Wildman–Crippen MR) is 342 cm³/mol. The van der Waals surface area contributed by atoms with Crippen molar-refractivity contribution in [1.29, 1.82) is 5.41 Å². The van der Waals surface area contributed by atoms with Crippen molar-refractivity contribution in [2.75, 3.05) is 13.7 Å². The van der Waals surface area contributed by atoms with Crippen LogP contribution in [-0.2, 0) is 9.68 Å². The van der Waals surface area contributed by atoms with Crippen LogP contribution in [0.2, 0.25) is 0 Å². The Morgan fingerprint density at radius 3 is 1.49 bits per heavy atom. The summed E-state index contributed by atoms with van der Waals surface area (Å²) in [5.74, 6) is -4.42. The van der Waals surface area contributed by atoms with Gasteiger partial charge in [-0.1, -0.05) is 14.9 Å². The molecule has 0 spiro atoms. The average Bonchev–Trinajstić information content (AvgIpc) is 3.21. The number of aliphatic hydroxyl groups is 2. The molecule has 0 saturated heterocycles. The number of hydrogen-bond acceptors (Lipinski definition) is 13. The zero-order valence-corrected chi connectivity index (χ0v) is 73.3. The van der Waals surface area contributed by atoms with Gasteiger partial charge in [0.15, 0.2) is 23.7 Å². The largest absolute Gasteiger partial charge is 1.00 e. The summed E-state index contributed by atoms with van der Waals surface area (Å²) in [4.78, 5) is 25.6.